The normalized spacial score (nSPS) is 10.9. The minimum Gasteiger partial charge on any atom is -0.454 e. The maximum absolute atomic E-state index is 12.3. The average molecular weight is 356 g/mol. The number of carbonyl (C=O) groups excluding carboxylic acids is 1. The number of carbonyl (C=O) groups is 1. The van der Waals surface area contributed by atoms with E-state index in [1.54, 1.807) is 23.3 Å². The SMILES string of the molecule is CCn1nc(C)c(N)c1C(=O)OCc1c(Br)c(C)nn1C. The number of nitrogens with zero attached hydrogens (tertiary/aromatic N) is 4. The fraction of sp³-hybridized carbons (Fsp3) is 0.462. The molecule has 0 bridgehead atoms. The molecule has 2 rings (SSSR count). The quantitative estimate of drug-likeness (QED) is 0.846. The first-order valence-corrected chi connectivity index (χ1v) is 7.34. The molecule has 2 heterocycles. The van der Waals surface area contributed by atoms with E-state index in [2.05, 4.69) is 26.1 Å². The second kappa shape index (κ2) is 5.88. The van der Waals surface area contributed by atoms with Crippen LogP contribution in [0.5, 0.6) is 0 Å². The molecule has 0 amide bonds. The molecule has 0 radical (unpaired) electrons. The van der Waals surface area contributed by atoms with Gasteiger partial charge in [0.15, 0.2) is 5.69 Å². The first-order valence-electron chi connectivity index (χ1n) is 6.54. The zero-order valence-corrected chi connectivity index (χ0v) is 14.1. The Morgan fingerprint density at radius 3 is 2.52 bits per heavy atom. The van der Waals surface area contributed by atoms with Crippen molar-refractivity contribution < 1.29 is 9.53 Å². The van der Waals surface area contributed by atoms with Crippen molar-refractivity contribution in [2.45, 2.75) is 33.9 Å². The lowest BCUT2D eigenvalue weighted by Crippen LogP contribution is -2.15. The second-order valence-electron chi connectivity index (χ2n) is 4.71. The predicted octanol–water partition coefficient (Wildman–Crippen LogP) is 1.96. The fourth-order valence-corrected chi connectivity index (χ4v) is 2.53. The van der Waals surface area contributed by atoms with E-state index in [0.717, 1.165) is 15.9 Å². The van der Waals surface area contributed by atoms with Crippen LogP contribution >= 0.6 is 15.9 Å². The van der Waals surface area contributed by atoms with E-state index in [1.807, 2.05) is 13.8 Å². The average Bonchev–Trinajstić information content (AvgIpc) is 2.86. The van der Waals surface area contributed by atoms with Gasteiger partial charge >= 0.3 is 5.97 Å². The fourth-order valence-electron chi connectivity index (χ4n) is 2.08. The van der Waals surface area contributed by atoms with E-state index in [4.69, 9.17) is 10.5 Å². The van der Waals surface area contributed by atoms with Gasteiger partial charge in [-0.05, 0) is 36.7 Å². The van der Waals surface area contributed by atoms with Crippen molar-refractivity contribution in [2.75, 3.05) is 5.73 Å². The molecule has 0 saturated carbocycles. The highest BCUT2D eigenvalue weighted by atomic mass is 79.9. The summed E-state index contributed by atoms with van der Waals surface area (Å²) >= 11 is 3.44. The van der Waals surface area contributed by atoms with Crippen LogP contribution in [0.3, 0.4) is 0 Å². The van der Waals surface area contributed by atoms with Crippen molar-refractivity contribution in [2.24, 2.45) is 7.05 Å². The van der Waals surface area contributed by atoms with Crippen LogP contribution in [-0.4, -0.2) is 25.5 Å². The molecule has 0 atom stereocenters. The third kappa shape index (κ3) is 2.80. The first kappa shape index (κ1) is 15.6. The number of aromatic nitrogens is 4. The number of ether oxygens (including phenoxy) is 1. The van der Waals surface area contributed by atoms with Gasteiger partial charge in [-0.2, -0.15) is 10.2 Å². The van der Waals surface area contributed by atoms with Crippen molar-refractivity contribution in [1.82, 2.24) is 19.6 Å². The molecule has 0 aliphatic heterocycles. The molecule has 2 aromatic rings. The highest BCUT2D eigenvalue weighted by molar-refractivity contribution is 9.10. The van der Waals surface area contributed by atoms with Crippen molar-refractivity contribution in [3.8, 4) is 0 Å². The van der Waals surface area contributed by atoms with E-state index in [0.29, 0.717) is 23.6 Å². The van der Waals surface area contributed by atoms with Crippen LogP contribution in [0.25, 0.3) is 0 Å². The zero-order valence-electron chi connectivity index (χ0n) is 12.5. The molecule has 0 aromatic carbocycles. The van der Waals surface area contributed by atoms with Gasteiger partial charge in [0.1, 0.15) is 6.61 Å². The standard InChI is InChI=1S/C13H18BrN5O2/c1-5-19-12(11(15)8(3)17-19)13(20)21-6-9-10(14)7(2)16-18(9)4/h5-6,15H2,1-4H3. The van der Waals surface area contributed by atoms with Gasteiger partial charge in [-0.3, -0.25) is 9.36 Å². The summed E-state index contributed by atoms with van der Waals surface area (Å²) in [5, 5.41) is 8.46. The van der Waals surface area contributed by atoms with Gasteiger partial charge in [-0.1, -0.05) is 0 Å². The molecule has 0 unspecified atom stereocenters. The Kier molecular flexibility index (Phi) is 4.36. The Balaban J connectivity index is 2.19. The van der Waals surface area contributed by atoms with Gasteiger partial charge in [0.25, 0.3) is 0 Å². The molecule has 7 nitrogen and oxygen atoms in total. The van der Waals surface area contributed by atoms with Gasteiger partial charge in [0.05, 0.1) is 27.2 Å². The summed E-state index contributed by atoms with van der Waals surface area (Å²) in [6, 6.07) is 0. The summed E-state index contributed by atoms with van der Waals surface area (Å²) in [5.41, 5.74) is 8.82. The number of halogens is 1. The molecule has 0 spiro atoms. The smallest absolute Gasteiger partial charge is 0.359 e. The Morgan fingerprint density at radius 1 is 1.33 bits per heavy atom. The summed E-state index contributed by atoms with van der Waals surface area (Å²) in [6.45, 7) is 6.20. The highest BCUT2D eigenvalue weighted by Gasteiger charge is 2.21. The maximum Gasteiger partial charge on any atom is 0.359 e. The molecule has 114 valence electrons. The van der Waals surface area contributed by atoms with Crippen molar-refractivity contribution in [3.05, 3.63) is 27.2 Å². The van der Waals surface area contributed by atoms with Crippen LogP contribution in [0.15, 0.2) is 4.47 Å². The van der Waals surface area contributed by atoms with E-state index in [-0.39, 0.29) is 6.61 Å². The Bertz CT molecular complexity index is 689. The lowest BCUT2D eigenvalue weighted by Gasteiger charge is -2.08. The van der Waals surface area contributed by atoms with E-state index < -0.39 is 5.97 Å². The number of hydrogen-bond acceptors (Lipinski definition) is 5. The van der Waals surface area contributed by atoms with Crippen molar-refractivity contribution in [1.29, 1.82) is 0 Å². The Morgan fingerprint density at radius 2 is 2.00 bits per heavy atom. The first-order chi connectivity index (χ1) is 9.86. The molecule has 0 fully saturated rings. The highest BCUT2D eigenvalue weighted by Crippen LogP contribution is 2.22. The minimum absolute atomic E-state index is 0.115. The zero-order chi connectivity index (χ0) is 15.7. The van der Waals surface area contributed by atoms with Crippen molar-refractivity contribution >= 4 is 27.6 Å². The third-order valence-electron chi connectivity index (χ3n) is 3.27. The summed E-state index contributed by atoms with van der Waals surface area (Å²) in [5.74, 6) is -0.485. The molecule has 0 saturated heterocycles. The number of aryl methyl sites for hydroxylation is 4. The molecule has 21 heavy (non-hydrogen) atoms. The maximum atomic E-state index is 12.3. The minimum atomic E-state index is -0.485. The van der Waals surface area contributed by atoms with Gasteiger partial charge in [0.2, 0.25) is 0 Å². The van der Waals surface area contributed by atoms with Crippen LogP contribution in [0.1, 0.15) is 34.5 Å². The van der Waals surface area contributed by atoms with Gasteiger partial charge in [-0.15, -0.1) is 0 Å². The van der Waals surface area contributed by atoms with Gasteiger partial charge < -0.3 is 10.5 Å². The molecule has 0 aliphatic carbocycles. The number of nitrogens with two attached hydrogens (primary N) is 1. The number of nitrogen functional groups attached to an aromatic ring is 1. The number of esters is 1. The molecule has 2 aromatic heterocycles. The lowest BCUT2D eigenvalue weighted by molar-refractivity contribution is 0.0449. The molecular weight excluding hydrogens is 338 g/mol. The second-order valence-corrected chi connectivity index (χ2v) is 5.50. The number of rotatable bonds is 4. The van der Waals surface area contributed by atoms with Crippen LogP contribution < -0.4 is 5.73 Å². The van der Waals surface area contributed by atoms with Gasteiger partial charge in [-0.25, -0.2) is 4.79 Å². The van der Waals surface area contributed by atoms with Crippen LogP contribution in [0.4, 0.5) is 5.69 Å². The van der Waals surface area contributed by atoms with E-state index >= 15 is 0 Å². The Hall–Kier alpha value is -1.83. The molecule has 8 heteroatoms. The molecule has 0 aliphatic rings. The number of hydrogen-bond donors (Lipinski definition) is 1. The summed E-state index contributed by atoms with van der Waals surface area (Å²) in [6.07, 6.45) is 0. The van der Waals surface area contributed by atoms with Crippen LogP contribution in [0, 0.1) is 13.8 Å². The molecule has 2 N–H and O–H groups in total. The summed E-state index contributed by atoms with van der Waals surface area (Å²) < 4.78 is 9.43. The van der Waals surface area contributed by atoms with Crippen LogP contribution in [0.2, 0.25) is 0 Å². The van der Waals surface area contributed by atoms with E-state index in [1.165, 1.54) is 0 Å². The van der Waals surface area contributed by atoms with Crippen LogP contribution in [-0.2, 0) is 24.9 Å². The predicted molar refractivity (Wildman–Crippen MR) is 81.8 cm³/mol. The Labute approximate surface area is 131 Å². The third-order valence-corrected chi connectivity index (χ3v) is 4.30. The topological polar surface area (TPSA) is 88.0 Å². The lowest BCUT2D eigenvalue weighted by atomic mass is 10.3. The summed E-state index contributed by atoms with van der Waals surface area (Å²) in [7, 11) is 1.80. The largest absolute Gasteiger partial charge is 0.454 e. The monoisotopic (exact) mass is 355 g/mol. The summed E-state index contributed by atoms with van der Waals surface area (Å²) in [4.78, 5) is 12.3. The number of anilines is 1. The molecular formula is C13H18BrN5O2. The van der Waals surface area contributed by atoms with Crippen molar-refractivity contribution in [3.63, 3.8) is 0 Å². The van der Waals surface area contributed by atoms with E-state index in [9.17, 15) is 4.79 Å². The van der Waals surface area contributed by atoms with Gasteiger partial charge in [0, 0.05) is 13.6 Å².